The molecule has 0 aromatic rings. The summed E-state index contributed by atoms with van der Waals surface area (Å²) < 4.78 is 5.58. The summed E-state index contributed by atoms with van der Waals surface area (Å²) in [4.78, 5) is 23.9. The second-order valence-corrected chi connectivity index (χ2v) is 6.02. The van der Waals surface area contributed by atoms with Gasteiger partial charge in [-0.3, -0.25) is 4.79 Å². The molecular formula is C15H18O3. The van der Waals surface area contributed by atoms with E-state index in [2.05, 4.69) is 13.5 Å². The van der Waals surface area contributed by atoms with Crippen LogP contribution in [0.4, 0.5) is 0 Å². The van der Waals surface area contributed by atoms with Crippen LogP contribution in [0, 0.1) is 23.7 Å². The highest BCUT2D eigenvalue weighted by molar-refractivity contribution is 5.98. The minimum Gasteiger partial charge on any atom is -0.455 e. The SMILES string of the molecule is C=C1C(=O)O[C@@]2(C)[C@@H]3C(=O)C=CC3[C@@H](C)CC[C@@H]12. The largest absolute Gasteiger partial charge is 0.455 e. The highest BCUT2D eigenvalue weighted by Gasteiger charge is 2.59. The van der Waals surface area contributed by atoms with Crippen LogP contribution >= 0.6 is 0 Å². The maximum Gasteiger partial charge on any atom is 0.334 e. The summed E-state index contributed by atoms with van der Waals surface area (Å²) in [6, 6.07) is 0. The Bertz CT molecular complexity index is 476. The number of rotatable bonds is 0. The van der Waals surface area contributed by atoms with Crippen molar-refractivity contribution in [1.82, 2.24) is 0 Å². The number of hydrogen-bond donors (Lipinski definition) is 0. The van der Waals surface area contributed by atoms with Crippen LogP contribution in [-0.2, 0) is 14.3 Å². The lowest BCUT2D eigenvalue weighted by atomic mass is 9.72. The molecule has 3 heteroatoms. The van der Waals surface area contributed by atoms with E-state index in [-0.39, 0.29) is 29.5 Å². The van der Waals surface area contributed by atoms with Gasteiger partial charge in [-0.15, -0.1) is 0 Å². The summed E-state index contributed by atoms with van der Waals surface area (Å²) >= 11 is 0. The van der Waals surface area contributed by atoms with Crippen molar-refractivity contribution in [3.05, 3.63) is 24.3 Å². The van der Waals surface area contributed by atoms with Gasteiger partial charge in [0.2, 0.25) is 0 Å². The van der Waals surface area contributed by atoms with Crippen molar-refractivity contribution >= 4 is 11.8 Å². The molecule has 18 heavy (non-hydrogen) atoms. The number of carbonyl (C=O) groups excluding carboxylic acids is 2. The highest BCUT2D eigenvalue weighted by Crippen LogP contribution is 2.53. The number of hydrogen-bond acceptors (Lipinski definition) is 3. The zero-order valence-corrected chi connectivity index (χ0v) is 10.8. The molecule has 2 aliphatic carbocycles. The van der Waals surface area contributed by atoms with Gasteiger partial charge in [-0.05, 0) is 37.7 Å². The van der Waals surface area contributed by atoms with Crippen molar-refractivity contribution in [3.63, 3.8) is 0 Å². The lowest BCUT2D eigenvalue weighted by Gasteiger charge is -2.35. The number of allylic oxidation sites excluding steroid dienone is 2. The van der Waals surface area contributed by atoms with E-state index in [0.717, 1.165) is 12.8 Å². The van der Waals surface area contributed by atoms with Crippen molar-refractivity contribution in [2.24, 2.45) is 23.7 Å². The number of esters is 1. The fraction of sp³-hybridized carbons (Fsp3) is 0.600. The maximum atomic E-state index is 12.2. The van der Waals surface area contributed by atoms with E-state index in [1.807, 2.05) is 13.0 Å². The van der Waals surface area contributed by atoms with Crippen LogP contribution in [0.2, 0.25) is 0 Å². The molecule has 96 valence electrons. The third kappa shape index (κ3) is 1.30. The van der Waals surface area contributed by atoms with Crippen LogP contribution in [-0.4, -0.2) is 17.4 Å². The molecule has 2 fully saturated rings. The van der Waals surface area contributed by atoms with Gasteiger partial charge in [-0.2, -0.15) is 0 Å². The van der Waals surface area contributed by atoms with Crippen molar-refractivity contribution in [2.45, 2.75) is 32.3 Å². The molecule has 0 radical (unpaired) electrons. The van der Waals surface area contributed by atoms with Gasteiger partial charge in [0.05, 0.1) is 5.92 Å². The number of fused-ring (bicyclic) bond motifs is 3. The first-order valence-electron chi connectivity index (χ1n) is 6.59. The monoisotopic (exact) mass is 246 g/mol. The van der Waals surface area contributed by atoms with Crippen LogP contribution in [0.1, 0.15) is 26.7 Å². The lowest BCUT2D eigenvalue weighted by molar-refractivity contribution is -0.155. The van der Waals surface area contributed by atoms with Crippen molar-refractivity contribution in [1.29, 1.82) is 0 Å². The molecule has 0 amide bonds. The van der Waals surface area contributed by atoms with E-state index in [1.165, 1.54) is 0 Å². The predicted molar refractivity (Wildman–Crippen MR) is 66.7 cm³/mol. The minimum atomic E-state index is -0.690. The molecule has 0 N–H and O–H groups in total. The molecular weight excluding hydrogens is 228 g/mol. The Morgan fingerprint density at radius 2 is 2.11 bits per heavy atom. The molecule has 1 saturated heterocycles. The van der Waals surface area contributed by atoms with Gasteiger partial charge < -0.3 is 4.74 Å². The second-order valence-electron chi connectivity index (χ2n) is 6.02. The summed E-state index contributed by atoms with van der Waals surface area (Å²) in [5.41, 5.74) is -0.144. The topological polar surface area (TPSA) is 43.4 Å². The lowest BCUT2D eigenvalue weighted by Crippen LogP contribution is -2.45. The summed E-state index contributed by atoms with van der Waals surface area (Å²) in [5.74, 6) is 0.201. The smallest absolute Gasteiger partial charge is 0.334 e. The Morgan fingerprint density at radius 3 is 2.83 bits per heavy atom. The van der Waals surface area contributed by atoms with Crippen molar-refractivity contribution in [3.8, 4) is 0 Å². The molecule has 1 saturated carbocycles. The van der Waals surface area contributed by atoms with Crippen LogP contribution in [0.5, 0.6) is 0 Å². The zero-order chi connectivity index (χ0) is 13.1. The third-order valence-electron chi connectivity index (χ3n) is 5.05. The predicted octanol–water partition coefficient (Wildman–Crippen LogP) is 2.28. The average molecular weight is 246 g/mol. The van der Waals surface area contributed by atoms with Gasteiger partial charge in [-0.1, -0.05) is 19.6 Å². The van der Waals surface area contributed by atoms with Gasteiger partial charge in [0.15, 0.2) is 5.78 Å². The summed E-state index contributed by atoms with van der Waals surface area (Å²) in [7, 11) is 0. The molecule has 1 aliphatic heterocycles. The Morgan fingerprint density at radius 1 is 1.39 bits per heavy atom. The Kier molecular flexibility index (Phi) is 2.31. The number of ether oxygens (including phenoxy) is 1. The molecule has 5 atom stereocenters. The normalized spacial score (nSPS) is 46.7. The van der Waals surface area contributed by atoms with E-state index in [9.17, 15) is 9.59 Å². The first kappa shape index (κ1) is 11.7. The standard InChI is InChI=1S/C15H18O3/c1-8-4-6-11-9(2)14(17)18-15(11,3)13-10(8)5-7-12(13)16/h5,7-8,10-11,13H,2,4,6H2,1,3H3/t8-,10?,11-,13-,15+/m0/s1. The van der Waals surface area contributed by atoms with Gasteiger partial charge in [0.25, 0.3) is 0 Å². The summed E-state index contributed by atoms with van der Waals surface area (Å²) in [5, 5.41) is 0. The molecule has 3 nitrogen and oxygen atoms in total. The molecule has 3 aliphatic rings. The van der Waals surface area contributed by atoms with E-state index < -0.39 is 5.60 Å². The minimum absolute atomic E-state index is 0.00806. The fourth-order valence-corrected chi connectivity index (χ4v) is 3.98. The van der Waals surface area contributed by atoms with Crippen molar-refractivity contribution in [2.75, 3.05) is 0 Å². The molecule has 0 aromatic heterocycles. The third-order valence-corrected chi connectivity index (χ3v) is 5.05. The zero-order valence-electron chi connectivity index (χ0n) is 10.8. The Balaban J connectivity index is 2.08. The molecule has 1 unspecified atom stereocenters. The number of carbonyl (C=O) groups is 2. The summed E-state index contributed by atoms with van der Waals surface area (Å²) in [6.45, 7) is 7.95. The highest BCUT2D eigenvalue weighted by atomic mass is 16.6. The number of ketones is 1. The first-order chi connectivity index (χ1) is 8.45. The first-order valence-corrected chi connectivity index (χ1v) is 6.59. The van der Waals surface area contributed by atoms with Gasteiger partial charge >= 0.3 is 5.97 Å². The van der Waals surface area contributed by atoms with E-state index >= 15 is 0 Å². The van der Waals surface area contributed by atoms with Gasteiger partial charge in [-0.25, -0.2) is 4.79 Å². The van der Waals surface area contributed by atoms with Gasteiger partial charge in [0, 0.05) is 11.5 Å². The maximum absolute atomic E-state index is 12.2. The van der Waals surface area contributed by atoms with Crippen LogP contribution in [0.15, 0.2) is 24.3 Å². The summed E-state index contributed by atoms with van der Waals surface area (Å²) in [6.07, 6.45) is 5.56. The Hall–Kier alpha value is -1.38. The molecule has 1 heterocycles. The van der Waals surface area contributed by atoms with E-state index in [1.54, 1.807) is 6.08 Å². The molecule has 0 bridgehead atoms. The van der Waals surface area contributed by atoms with Crippen LogP contribution in [0.3, 0.4) is 0 Å². The van der Waals surface area contributed by atoms with E-state index in [0.29, 0.717) is 11.5 Å². The second kappa shape index (κ2) is 3.56. The molecule has 0 spiro atoms. The Labute approximate surface area is 107 Å². The van der Waals surface area contributed by atoms with Crippen LogP contribution in [0.25, 0.3) is 0 Å². The van der Waals surface area contributed by atoms with Crippen molar-refractivity contribution < 1.29 is 14.3 Å². The van der Waals surface area contributed by atoms with Gasteiger partial charge in [0.1, 0.15) is 5.60 Å². The van der Waals surface area contributed by atoms with E-state index in [4.69, 9.17) is 4.74 Å². The average Bonchev–Trinajstić information content (AvgIpc) is 2.75. The molecule has 0 aromatic carbocycles. The molecule has 3 rings (SSSR count). The fourth-order valence-electron chi connectivity index (χ4n) is 3.98. The quantitative estimate of drug-likeness (QED) is 0.486. The van der Waals surface area contributed by atoms with Crippen LogP contribution < -0.4 is 0 Å².